The maximum absolute atomic E-state index is 8.99. The lowest BCUT2D eigenvalue weighted by molar-refractivity contribution is 0.201. The predicted octanol–water partition coefficient (Wildman–Crippen LogP) is 4.60. The Morgan fingerprint density at radius 1 is 0.933 bits per heavy atom. The second-order valence-electron chi connectivity index (χ2n) is 6.69. The molecule has 3 heterocycles. The molecule has 1 unspecified atom stereocenters. The van der Waals surface area contributed by atoms with Gasteiger partial charge >= 0.3 is 0 Å². The number of hydrogen-bond donors (Lipinski definition) is 1. The van der Waals surface area contributed by atoms with Gasteiger partial charge in [-0.15, -0.1) is 0 Å². The number of nitrogens with one attached hydrogen (secondary N) is 1. The highest BCUT2D eigenvalue weighted by Crippen LogP contribution is 2.25. The predicted molar refractivity (Wildman–Crippen MR) is 114 cm³/mol. The van der Waals surface area contributed by atoms with Crippen LogP contribution in [0.5, 0.6) is 5.75 Å². The van der Waals surface area contributed by atoms with Gasteiger partial charge in [-0.05, 0) is 47.0 Å². The number of rotatable bonds is 7. The largest absolute Gasteiger partial charge is 0.482 e. The van der Waals surface area contributed by atoms with Crippen molar-refractivity contribution in [2.24, 2.45) is 0 Å². The number of nitrogens with zero attached hydrogens (tertiary/aromatic N) is 4. The van der Waals surface area contributed by atoms with Crippen LogP contribution in [0, 0.1) is 11.3 Å². The van der Waals surface area contributed by atoms with Crippen molar-refractivity contribution in [3.63, 3.8) is 0 Å². The van der Waals surface area contributed by atoms with E-state index in [9.17, 15) is 0 Å². The lowest BCUT2D eigenvalue weighted by Gasteiger charge is -2.18. The lowest BCUT2D eigenvalue weighted by Crippen LogP contribution is -2.11. The number of benzene rings is 1. The van der Waals surface area contributed by atoms with E-state index >= 15 is 0 Å². The number of H-pyrrole nitrogens is 1. The van der Waals surface area contributed by atoms with Gasteiger partial charge in [0.1, 0.15) is 11.9 Å². The van der Waals surface area contributed by atoms with Gasteiger partial charge in [-0.1, -0.05) is 24.3 Å². The highest BCUT2D eigenvalue weighted by Gasteiger charge is 2.16. The summed E-state index contributed by atoms with van der Waals surface area (Å²) >= 11 is 0. The maximum Gasteiger partial charge on any atom is 0.144 e. The Hall–Kier alpha value is -4.24. The minimum atomic E-state index is -0.262. The standard InChI is InChI=1S/C24H19N5O/c25-13-20-4-2-19(3-5-20)12-24(23-16-28-17-29-23)30-22-11-21(14-27-15-22)6-1-18-7-9-26-10-8-18/h1-11,14-17,24H,12H2,(H,28,29)/b6-1+. The van der Waals surface area contributed by atoms with Crippen LogP contribution in [0.25, 0.3) is 12.2 Å². The first-order valence-corrected chi connectivity index (χ1v) is 9.47. The monoisotopic (exact) mass is 393 g/mol. The molecule has 4 aromatic rings. The first-order valence-electron chi connectivity index (χ1n) is 9.47. The van der Waals surface area contributed by atoms with Gasteiger partial charge < -0.3 is 9.72 Å². The third-order valence-electron chi connectivity index (χ3n) is 4.56. The fraction of sp³-hybridized carbons (Fsp3) is 0.0833. The highest BCUT2D eigenvalue weighted by atomic mass is 16.5. The van der Waals surface area contributed by atoms with E-state index < -0.39 is 0 Å². The van der Waals surface area contributed by atoms with Gasteiger partial charge in [0.2, 0.25) is 0 Å². The first-order chi connectivity index (χ1) is 14.8. The van der Waals surface area contributed by atoms with Crippen LogP contribution in [-0.2, 0) is 6.42 Å². The van der Waals surface area contributed by atoms with Crippen LogP contribution in [-0.4, -0.2) is 19.9 Å². The molecule has 0 fully saturated rings. The molecular formula is C24H19N5O. The van der Waals surface area contributed by atoms with Crippen molar-refractivity contribution in [3.8, 4) is 11.8 Å². The molecule has 146 valence electrons. The molecule has 3 aromatic heterocycles. The van der Waals surface area contributed by atoms with Crippen molar-refractivity contribution in [1.29, 1.82) is 5.26 Å². The van der Waals surface area contributed by atoms with Crippen molar-refractivity contribution in [1.82, 2.24) is 19.9 Å². The number of imidazole rings is 1. The molecule has 1 N–H and O–H groups in total. The Kier molecular flexibility index (Phi) is 5.92. The number of hydrogen-bond acceptors (Lipinski definition) is 5. The molecule has 0 aliphatic carbocycles. The Balaban J connectivity index is 1.53. The smallest absolute Gasteiger partial charge is 0.144 e. The van der Waals surface area contributed by atoms with Crippen LogP contribution >= 0.6 is 0 Å². The van der Waals surface area contributed by atoms with Gasteiger partial charge in [0.25, 0.3) is 0 Å². The molecule has 0 saturated carbocycles. The van der Waals surface area contributed by atoms with Crippen LogP contribution in [0.15, 0.2) is 79.8 Å². The van der Waals surface area contributed by atoms with Gasteiger partial charge in [-0.2, -0.15) is 5.26 Å². The van der Waals surface area contributed by atoms with Gasteiger partial charge in [-0.25, -0.2) is 4.98 Å². The molecule has 0 radical (unpaired) electrons. The Morgan fingerprint density at radius 3 is 2.47 bits per heavy atom. The fourth-order valence-corrected chi connectivity index (χ4v) is 3.01. The third kappa shape index (κ3) is 4.97. The van der Waals surface area contributed by atoms with E-state index in [0.717, 1.165) is 22.4 Å². The van der Waals surface area contributed by atoms with Gasteiger partial charge in [-0.3, -0.25) is 9.97 Å². The maximum atomic E-state index is 8.99. The van der Waals surface area contributed by atoms with Crippen LogP contribution < -0.4 is 4.74 Å². The molecule has 6 nitrogen and oxygen atoms in total. The molecular weight excluding hydrogens is 374 g/mol. The SMILES string of the molecule is N#Cc1ccc(CC(Oc2cncc(/C=C/c3ccncc3)c2)c2cnc[nH]2)cc1. The van der Waals surface area contributed by atoms with Gasteiger partial charge in [0.05, 0.1) is 36.0 Å². The van der Waals surface area contributed by atoms with E-state index in [2.05, 4.69) is 26.0 Å². The van der Waals surface area contributed by atoms with Crippen LogP contribution in [0.3, 0.4) is 0 Å². The molecule has 0 spiro atoms. The Labute approximate surface area is 174 Å². The van der Waals surface area contributed by atoms with E-state index in [4.69, 9.17) is 10.00 Å². The summed E-state index contributed by atoms with van der Waals surface area (Å²) in [5.74, 6) is 0.667. The summed E-state index contributed by atoms with van der Waals surface area (Å²) in [7, 11) is 0. The van der Waals surface area contributed by atoms with Crippen molar-refractivity contribution in [3.05, 3.63) is 108 Å². The second-order valence-corrected chi connectivity index (χ2v) is 6.69. The van der Waals surface area contributed by atoms with E-state index in [1.807, 2.05) is 54.6 Å². The Bertz CT molecular complexity index is 1150. The van der Waals surface area contributed by atoms with Crippen LogP contribution in [0.4, 0.5) is 0 Å². The fourth-order valence-electron chi connectivity index (χ4n) is 3.01. The molecule has 0 amide bonds. The molecule has 1 aromatic carbocycles. The van der Waals surface area contributed by atoms with Crippen LogP contribution in [0.1, 0.15) is 34.1 Å². The molecule has 0 aliphatic rings. The van der Waals surface area contributed by atoms with E-state index in [0.29, 0.717) is 17.7 Å². The summed E-state index contributed by atoms with van der Waals surface area (Å²) in [4.78, 5) is 15.6. The average Bonchev–Trinajstić information content (AvgIpc) is 3.34. The average molecular weight is 393 g/mol. The summed E-state index contributed by atoms with van der Waals surface area (Å²) in [5.41, 5.74) is 4.57. The normalized spacial score (nSPS) is 11.8. The quantitative estimate of drug-likeness (QED) is 0.496. The molecule has 6 heteroatoms. The number of aromatic nitrogens is 4. The highest BCUT2D eigenvalue weighted by molar-refractivity contribution is 5.69. The number of aromatic amines is 1. The van der Waals surface area contributed by atoms with Gasteiger partial charge in [0, 0.05) is 25.0 Å². The van der Waals surface area contributed by atoms with Crippen molar-refractivity contribution in [2.75, 3.05) is 0 Å². The molecule has 30 heavy (non-hydrogen) atoms. The number of nitriles is 1. The summed E-state index contributed by atoms with van der Waals surface area (Å²) in [5, 5.41) is 8.99. The molecule has 0 saturated heterocycles. The third-order valence-corrected chi connectivity index (χ3v) is 4.56. The molecule has 4 rings (SSSR count). The zero-order valence-corrected chi connectivity index (χ0v) is 16.1. The first kappa shape index (κ1) is 19.1. The zero-order valence-electron chi connectivity index (χ0n) is 16.1. The Morgan fingerprint density at radius 2 is 1.73 bits per heavy atom. The van der Waals surface area contributed by atoms with Crippen LogP contribution in [0.2, 0.25) is 0 Å². The summed E-state index contributed by atoms with van der Waals surface area (Å²) in [6.07, 6.45) is 14.8. The second kappa shape index (κ2) is 9.30. The molecule has 1 atom stereocenters. The zero-order chi connectivity index (χ0) is 20.6. The topological polar surface area (TPSA) is 87.5 Å². The summed E-state index contributed by atoms with van der Waals surface area (Å²) in [6, 6.07) is 15.5. The minimum absolute atomic E-state index is 0.262. The molecule has 0 bridgehead atoms. The van der Waals surface area contributed by atoms with Crippen molar-refractivity contribution in [2.45, 2.75) is 12.5 Å². The number of pyridine rings is 2. The minimum Gasteiger partial charge on any atom is -0.482 e. The summed E-state index contributed by atoms with van der Waals surface area (Å²) in [6.45, 7) is 0. The van der Waals surface area contributed by atoms with E-state index in [1.165, 1.54) is 0 Å². The van der Waals surface area contributed by atoms with E-state index in [1.54, 1.807) is 37.3 Å². The van der Waals surface area contributed by atoms with Crippen molar-refractivity contribution >= 4 is 12.2 Å². The summed E-state index contributed by atoms with van der Waals surface area (Å²) < 4.78 is 6.27. The van der Waals surface area contributed by atoms with Gasteiger partial charge in [0.15, 0.2) is 0 Å². The molecule has 0 aliphatic heterocycles. The van der Waals surface area contributed by atoms with Crippen molar-refractivity contribution < 1.29 is 4.74 Å². The lowest BCUT2D eigenvalue weighted by atomic mass is 10.0. The number of ether oxygens (including phenoxy) is 1. The van der Waals surface area contributed by atoms with E-state index in [-0.39, 0.29) is 6.10 Å².